The van der Waals surface area contributed by atoms with Gasteiger partial charge in [0.05, 0.1) is 23.9 Å². The summed E-state index contributed by atoms with van der Waals surface area (Å²) >= 11 is 0. The molecule has 10 nitrogen and oxygen atoms in total. The number of hydrogen-bond acceptors (Lipinski definition) is 8. The van der Waals surface area contributed by atoms with E-state index in [0.29, 0.717) is 36.6 Å². The zero-order chi connectivity index (χ0) is 20.4. The average molecular weight is 399 g/mol. The Kier molecular flexibility index (Phi) is 5.38. The Morgan fingerprint density at radius 3 is 2.52 bits per heavy atom. The molecule has 2 aliphatic heterocycles. The van der Waals surface area contributed by atoms with Crippen LogP contribution in [-0.4, -0.2) is 65.8 Å². The summed E-state index contributed by atoms with van der Waals surface area (Å²) in [5.41, 5.74) is 4.38. The Hall–Kier alpha value is -3.08. The van der Waals surface area contributed by atoms with Crippen LogP contribution in [0.5, 0.6) is 0 Å². The third-order valence-electron chi connectivity index (χ3n) is 5.20. The molecule has 10 heteroatoms. The lowest BCUT2D eigenvalue weighted by Crippen LogP contribution is -2.53. The number of furan rings is 1. The largest absolute Gasteiger partial charge is 0.433 e. The molecule has 1 aromatic carbocycles. The topological polar surface area (TPSA) is 112 Å². The van der Waals surface area contributed by atoms with Crippen LogP contribution < -0.4 is 10.3 Å². The maximum Gasteiger partial charge on any atom is 0.433 e. The van der Waals surface area contributed by atoms with Crippen molar-refractivity contribution in [2.45, 2.75) is 6.54 Å². The van der Waals surface area contributed by atoms with E-state index in [-0.39, 0.29) is 5.88 Å². The van der Waals surface area contributed by atoms with E-state index in [2.05, 4.69) is 10.3 Å². The van der Waals surface area contributed by atoms with Crippen molar-refractivity contribution in [2.24, 2.45) is 0 Å². The Balaban J connectivity index is 1.23. The molecule has 1 N–H and O–H groups in total. The number of nitrogens with one attached hydrogen (secondary N) is 1. The Morgan fingerprint density at radius 1 is 1.03 bits per heavy atom. The molecular weight excluding hydrogens is 378 g/mol. The van der Waals surface area contributed by atoms with Crippen LogP contribution in [0.4, 0.5) is 11.6 Å². The van der Waals surface area contributed by atoms with Crippen LogP contribution in [0.15, 0.2) is 40.8 Å². The van der Waals surface area contributed by atoms with Gasteiger partial charge in [-0.15, -0.1) is 0 Å². The Morgan fingerprint density at radius 2 is 1.79 bits per heavy atom. The number of nitrogens with zero attached hydrogens (tertiary/aromatic N) is 4. The predicted octanol–water partition coefficient (Wildman–Crippen LogP) is 1.04. The highest BCUT2D eigenvalue weighted by Crippen LogP contribution is 2.28. The highest BCUT2D eigenvalue weighted by molar-refractivity contribution is 6.52. The molecule has 1 amide bonds. The lowest BCUT2D eigenvalue weighted by atomic mass is 10.1. The first-order chi connectivity index (χ1) is 14.0. The smallest absolute Gasteiger partial charge is 0.404 e. The summed E-state index contributed by atoms with van der Waals surface area (Å²) in [5.74, 6) is -0.648. The number of benzene rings is 1. The molecule has 0 saturated carbocycles. The lowest BCUT2D eigenvalue weighted by Gasteiger charge is -2.35. The normalized spacial score (nSPS) is 17.7. The van der Waals surface area contributed by atoms with Crippen molar-refractivity contribution in [3.05, 3.63) is 57.8 Å². The summed E-state index contributed by atoms with van der Waals surface area (Å²) in [6.45, 7) is 4.70. The molecule has 0 unspecified atom stereocenters. The number of fused-ring (bicyclic) bond motifs is 1. The SMILES string of the molecule is O=C1C(=O)N(CCN2CCN(NCc3ccc([N+](=O)[O-])o3)CC2)c2ccccc21. The second-order valence-electron chi connectivity index (χ2n) is 6.96. The minimum atomic E-state index is -0.556. The summed E-state index contributed by atoms with van der Waals surface area (Å²) in [6.07, 6.45) is 0. The van der Waals surface area contributed by atoms with Crippen molar-refractivity contribution < 1.29 is 18.9 Å². The number of carbonyl (C=O) groups is 2. The molecule has 0 atom stereocenters. The molecule has 0 radical (unpaired) electrons. The van der Waals surface area contributed by atoms with E-state index < -0.39 is 16.6 Å². The number of carbonyl (C=O) groups excluding carboxylic acids is 2. The van der Waals surface area contributed by atoms with Gasteiger partial charge in [0, 0.05) is 39.3 Å². The van der Waals surface area contributed by atoms with E-state index in [4.69, 9.17) is 4.42 Å². The average Bonchev–Trinajstić information content (AvgIpc) is 3.30. The summed E-state index contributed by atoms with van der Waals surface area (Å²) in [4.78, 5) is 38.2. The fourth-order valence-electron chi connectivity index (χ4n) is 3.59. The maximum absolute atomic E-state index is 12.2. The number of amides is 1. The second-order valence-corrected chi connectivity index (χ2v) is 6.96. The first-order valence-corrected chi connectivity index (χ1v) is 9.42. The van der Waals surface area contributed by atoms with E-state index in [1.807, 2.05) is 11.1 Å². The molecule has 1 fully saturated rings. The van der Waals surface area contributed by atoms with Crippen molar-refractivity contribution in [2.75, 3.05) is 44.2 Å². The molecule has 152 valence electrons. The van der Waals surface area contributed by atoms with Crippen LogP contribution in [-0.2, 0) is 11.3 Å². The van der Waals surface area contributed by atoms with Gasteiger partial charge in [0.2, 0.25) is 0 Å². The number of hydrazine groups is 1. The summed E-state index contributed by atoms with van der Waals surface area (Å²) in [6, 6.07) is 10.0. The van der Waals surface area contributed by atoms with Crippen LogP contribution in [0.2, 0.25) is 0 Å². The fraction of sp³-hybridized carbons (Fsp3) is 0.368. The fourth-order valence-corrected chi connectivity index (χ4v) is 3.59. The van der Waals surface area contributed by atoms with Gasteiger partial charge in [-0.2, -0.15) is 0 Å². The monoisotopic (exact) mass is 399 g/mol. The maximum atomic E-state index is 12.2. The van der Waals surface area contributed by atoms with Gasteiger partial charge in [0.25, 0.3) is 11.7 Å². The molecule has 0 bridgehead atoms. The van der Waals surface area contributed by atoms with Crippen LogP contribution in [0.1, 0.15) is 16.1 Å². The minimum Gasteiger partial charge on any atom is -0.404 e. The number of ketones is 1. The number of rotatable bonds is 7. The van der Waals surface area contributed by atoms with Crippen LogP contribution >= 0.6 is 0 Å². The molecule has 3 heterocycles. The number of anilines is 1. The van der Waals surface area contributed by atoms with Gasteiger partial charge in [-0.1, -0.05) is 12.1 Å². The number of hydrogen-bond donors (Lipinski definition) is 1. The molecule has 1 aromatic heterocycles. The molecule has 2 aromatic rings. The van der Waals surface area contributed by atoms with Crippen molar-refractivity contribution >= 4 is 23.3 Å². The highest BCUT2D eigenvalue weighted by atomic mass is 16.6. The molecule has 2 aliphatic rings. The van der Waals surface area contributed by atoms with Gasteiger partial charge >= 0.3 is 5.88 Å². The van der Waals surface area contributed by atoms with Gasteiger partial charge in [-0.3, -0.25) is 24.6 Å². The van der Waals surface area contributed by atoms with Crippen molar-refractivity contribution in [1.29, 1.82) is 0 Å². The molecule has 1 saturated heterocycles. The van der Waals surface area contributed by atoms with Crippen molar-refractivity contribution in [3.8, 4) is 0 Å². The minimum absolute atomic E-state index is 0.261. The van der Waals surface area contributed by atoms with Crippen LogP contribution in [0.3, 0.4) is 0 Å². The standard InChI is InChI=1S/C19H21N5O5/c25-18-15-3-1-2-4-16(15)23(19(18)26)12-9-21-7-10-22(11-8-21)20-13-14-5-6-17(29-14)24(27)28/h1-6,20H,7-13H2. The van der Waals surface area contributed by atoms with E-state index >= 15 is 0 Å². The van der Waals surface area contributed by atoms with Gasteiger partial charge < -0.3 is 9.32 Å². The number of Topliss-reactive ketones (excluding diaryl/α,β-unsaturated/α-hetero) is 1. The Labute approximate surface area is 166 Å². The van der Waals surface area contributed by atoms with Crippen molar-refractivity contribution in [3.63, 3.8) is 0 Å². The van der Waals surface area contributed by atoms with E-state index in [9.17, 15) is 19.7 Å². The van der Waals surface area contributed by atoms with Gasteiger partial charge in [-0.05, 0) is 18.2 Å². The molecule has 0 aliphatic carbocycles. The summed E-state index contributed by atoms with van der Waals surface area (Å²) in [5, 5.41) is 12.7. The van der Waals surface area contributed by atoms with Gasteiger partial charge in [0.1, 0.15) is 10.7 Å². The third kappa shape index (κ3) is 4.04. The first kappa shape index (κ1) is 19.2. The van der Waals surface area contributed by atoms with Crippen molar-refractivity contribution in [1.82, 2.24) is 15.3 Å². The number of nitro groups is 1. The highest BCUT2D eigenvalue weighted by Gasteiger charge is 2.35. The molecule has 0 spiro atoms. The van der Waals surface area contributed by atoms with E-state index in [1.54, 1.807) is 29.2 Å². The third-order valence-corrected chi connectivity index (χ3v) is 5.20. The van der Waals surface area contributed by atoms with Gasteiger partial charge in [0.15, 0.2) is 0 Å². The Bertz CT molecular complexity index is 935. The van der Waals surface area contributed by atoms with Gasteiger partial charge in [-0.25, -0.2) is 10.4 Å². The zero-order valence-corrected chi connectivity index (χ0v) is 15.7. The van der Waals surface area contributed by atoms with E-state index in [0.717, 1.165) is 26.2 Å². The second kappa shape index (κ2) is 8.11. The van der Waals surface area contributed by atoms with Crippen LogP contribution in [0.25, 0.3) is 0 Å². The quantitative estimate of drug-likeness (QED) is 0.418. The predicted molar refractivity (Wildman–Crippen MR) is 103 cm³/mol. The summed E-state index contributed by atoms with van der Waals surface area (Å²) < 4.78 is 5.14. The van der Waals surface area contributed by atoms with Crippen LogP contribution in [0, 0.1) is 10.1 Å². The van der Waals surface area contributed by atoms with E-state index in [1.165, 1.54) is 6.07 Å². The first-order valence-electron chi connectivity index (χ1n) is 9.42. The number of para-hydroxylation sites is 1. The number of piperazine rings is 1. The molecule has 4 rings (SSSR count). The molecular formula is C19H21N5O5. The summed E-state index contributed by atoms with van der Waals surface area (Å²) in [7, 11) is 0. The zero-order valence-electron chi connectivity index (χ0n) is 15.7. The lowest BCUT2D eigenvalue weighted by molar-refractivity contribution is -0.402. The molecule has 29 heavy (non-hydrogen) atoms.